The molecule has 5 heterocycles. The van der Waals surface area contributed by atoms with Crippen LogP contribution in [0.15, 0.2) is 49.1 Å². The molecule has 214 valence electrons. The molecule has 0 saturated carbocycles. The number of amides is 2. The number of carbonyl (C=O) groups excluding carboxylic acids is 2. The number of nitrogens with one attached hydrogen (secondary N) is 1. The number of alkyl halides is 1. The van der Waals surface area contributed by atoms with E-state index >= 15 is 4.39 Å². The van der Waals surface area contributed by atoms with Crippen LogP contribution in [0.5, 0.6) is 0 Å². The zero-order valence-electron chi connectivity index (χ0n) is 23.1. The molecule has 42 heavy (non-hydrogen) atoms. The fourth-order valence-corrected chi connectivity index (χ4v) is 5.77. The highest BCUT2D eigenvalue weighted by atomic mass is 35.5. The second-order valence-corrected chi connectivity index (χ2v) is 11.1. The number of benzene rings is 1. The Morgan fingerprint density at radius 2 is 1.90 bits per heavy atom. The summed E-state index contributed by atoms with van der Waals surface area (Å²) in [5, 5.41) is 4.20. The van der Waals surface area contributed by atoms with Crippen molar-refractivity contribution in [1.82, 2.24) is 34.4 Å². The summed E-state index contributed by atoms with van der Waals surface area (Å²) in [5.41, 5.74) is 8.30. The first-order chi connectivity index (χ1) is 20.0. The Balaban J connectivity index is 1.39. The molecule has 0 spiro atoms. The van der Waals surface area contributed by atoms with Crippen molar-refractivity contribution in [2.24, 2.45) is 0 Å². The normalized spacial score (nSPS) is 18.6. The van der Waals surface area contributed by atoms with E-state index in [1.807, 2.05) is 26.0 Å². The van der Waals surface area contributed by atoms with Gasteiger partial charge in [-0.25, -0.2) is 29.3 Å². The number of nitrogens with zero attached hydrogens (tertiary/aromatic N) is 7. The maximum atomic E-state index is 15.3. The largest absolute Gasteiger partial charge is 0.383 e. The third-order valence-electron chi connectivity index (χ3n) is 7.44. The Morgan fingerprint density at radius 3 is 2.64 bits per heavy atom. The number of carbonyl (C=O) groups is 2. The zero-order valence-corrected chi connectivity index (χ0v) is 23.9. The number of pyridine rings is 1. The molecule has 3 N–H and O–H groups in total. The highest BCUT2D eigenvalue weighted by Gasteiger charge is 2.46. The highest BCUT2D eigenvalue weighted by molar-refractivity contribution is 6.29. The van der Waals surface area contributed by atoms with E-state index in [1.54, 1.807) is 35.2 Å². The molecular weight excluding hydrogens is 561 g/mol. The average Bonchev–Trinajstić information content (AvgIpc) is 3.44. The van der Waals surface area contributed by atoms with Crippen LogP contribution >= 0.6 is 11.6 Å². The quantitative estimate of drug-likeness (QED) is 0.290. The van der Waals surface area contributed by atoms with Crippen molar-refractivity contribution in [2.75, 3.05) is 17.6 Å². The van der Waals surface area contributed by atoms with Gasteiger partial charge in [0.1, 0.15) is 52.8 Å². The summed E-state index contributed by atoms with van der Waals surface area (Å²) in [4.78, 5) is 49.7. The zero-order chi connectivity index (χ0) is 29.8. The number of halogens is 2. The molecule has 1 saturated heterocycles. The number of nitrogen functional groups attached to an aromatic ring is 1. The number of likely N-dealkylation sites (tertiary alicyclic amines) is 1. The van der Waals surface area contributed by atoms with Gasteiger partial charge in [0.25, 0.3) is 0 Å². The van der Waals surface area contributed by atoms with Crippen LogP contribution in [-0.2, 0) is 16.1 Å². The van der Waals surface area contributed by atoms with Crippen LogP contribution in [0.4, 0.5) is 16.0 Å². The van der Waals surface area contributed by atoms with E-state index in [4.69, 9.17) is 17.3 Å². The Kier molecular flexibility index (Phi) is 6.72. The third kappa shape index (κ3) is 4.98. The molecule has 2 atom stereocenters. The minimum absolute atomic E-state index is 0.158. The molecule has 4 aromatic heterocycles. The van der Waals surface area contributed by atoms with Gasteiger partial charge in [0.05, 0.1) is 17.4 Å². The molecule has 13 heteroatoms. The van der Waals surface area contributed by atoms with E-state index < -0.39 is 23.5 Å². The third-order valence-corrected chi connectivity index (χ3v) is 7.65. The number of hydrogen-bond donors (Lipinski definition) is 2. The molecule has 1 aliphatic rings. The van der Waals surface area contributed by atoms with E-state index in [2.05, 4.69) is 30.2 Å². The number of hydrogen-bond acceptors (Lipinski definition) is 8. The predicted molar refractivity (Wildman–Crippen MR) is 157 cm³/mol. The molecule has 6 rings (SSSR count). The molecule has 2 amide bonds. The smallest absolute Gasteiger partial charge is 0.248 e. The minimum Gasteiger partial charge on any atom is -0.383 e. The molecule has 1 aliphatic heterocycles. The van der Waals surface area contributed by atoms with Crippen LogP contribution < -0.4 is 11.1 Å². The number of fused-ring (bicyclic) bond motifs is 3. The summed E-state index contributed by atoms with van der Waals surface area (Å²) in [7, 11) is 0. The molecule has 0 bridgehead atoms. The maximum Gasteiger partial charge on any atom is 0.248 e. The number of aromatic nitrogens is 6. The summed E-state index contributed by atoms with van der Waals surface area (Å²) in [6.45, 7) is 4.69. The van der Waals surface area contributed by atoms with Gasteiger partial charge >= 0.3 is 0 Å². The molecular formula is C29H27ClFN9O2. The standard InChI is InChI=1S/C29H27ClFN9O2/c1-15-7-17(18-10-33-16(2)34-11-18)8-19-24-26(32)35-14-36-27(24)39(25(15)19)12-23(41)40-13-29(3,31)9-20(40)28(42)38-22-6-4-5-21(30)37-22/h4-8,10-11,14,20H,9,12-13H2,1-3H3,(H2,32,35,36)(H,37,38,42)/t20-,29+/m0/s1. The Bertz CT molecular complexity index is 1870. The summed E-state index contributed by atoms with van der Waals surface area (Å²) >= 11 is 5.95. The van der Waals surface area contributed by atoms with Gasteiger partial charge in [0, 0.05) is 29.8 Å². The Labute approximate surface area is 245 Å². The lowest BCUT2D eigenvalue weighted by molar-refractivity contribution is -0.137. The lowest BCUT2D eigenvalue weighted by Gasteiger charge is -2.24. The van der Waals surface area contributed by atoms with Crippen LogP contribution in [0.3, 0.4) is 0 Å². The van der Waals surface area contributed by atoms with E-state index in [0.29, 0.717) is 16.9 Å². The van der Waals surface area contributed by atoms with Crippen molar-refractivity contribution in [3.05, 3.63) is 65.6 Å². The number of nitrogens with two attached hydrogens (primary N) is 1. The fourth-order valence-electron chi connectivity index (χ4n) is 5.60. The van der Waals surface area contributed by atoms with Gasteiger partial charge in [-0.15, -0.1) is 0 Å². The second kappa shape index (κ2) is 10.3. The first-order valence-corrected chi connectivity index (χ1v) is 13.6. The van der Waals surface area contributed by atoms with Crippen LogP contribution in [0.1, 0.15) is 24.7 Å². The maximum absolute atomic E-state index is 15.3. The van der Waals surface area contributed by atoms with Crippen molar-refractivity contribution in [1.29, 1.82) is 0 Å². The molecule has 5 aromatic rings. The van der Waals surface area contributed by atoms with Crippen LogP contribution in [-0.4, -0.2) is 64.5 Å². The fraction of sp³-hybridized carbons (Fsp3) is 0.276. The molecule has 0 radical (unpaired) electrons. The van der Waals surface area contributed by atoms with Gasteiger partial charge in [-0.3, -0.25) is 9.59 Å². The van der Waals surface area contributed by atoms with E-state index in [9.17, 15) is 9.59 Å². The number of anilines is 2. The second-order valence-electron chi connectivity index (χ2n) is 10.7. The molecule has 1 aromatic carbocycles. The number of rotatable bonds is 5. The van der Waals surface area contributed by atoms with Gasteiger partial charge in [-0.2, -0.15) is 0 Å². The van der Waals surface area contributed by atoms with Gasteiger partial charge in [-0.05, 0) is 56.2 Å². The Hall–Kier alpha value is -4.71. The van der Waals surface area contributed by atoms with Crippen molar-refractivity contribution in [3.8, 4) is 11.1 Å². The van der Waals surface area contributed by atoms with Crippen LogP contribution in [0.2, 0.25) is 5.15 Å². The molecule has 11 nitrogen and oxygen atoms in total. The lowest BCUT2D eigenvalue weighted by atomic mass is 10.0. The average molecular weight is 588 g/mol. The highest BCUT2D eigenvalue weighted by Crippen LogP contribution is 2.37. The van der Waals surface area contributed by atoms with Gasteiger partial charge in [-0.1, -0.05) is 17.7 Å². The lowest BCUT2D eigenvalue weighted by Crippen LogP contribution is -2.44. The van der Waals surface area contributed by atoms with Crippen molar-refractivity contribution in [3.63, 3.8) is 0 Å². The SMILES string of the molecule is Cc1ncc(-c2cc(C)c3c(c2)c2c(N)ncnc2n3CC(=O)N2C[C@](C)(F)C[C@H]2C(=O)Nc2cccc(Cl)n2)cn1. The van der Waals surface area contributed by atoms with E-state index in [1.165, 1.54) is 18.2 Å². The van der Waals surface area contributed by atoms with Crippen molar-refractivity contribution < 1.29 is 14.0 Å². The van der Waals surface area contributed by atoms with Crippen molar-refractivity contribution in [2.45, 2.75) is 45.4 Å². The summed E-state index contributed by atoms with van der Waals surface area (Å²) in [5.74, 6) is 0.145. The van der Waals surface area contributed by atoms with Gasteiger partial charge in [0.2, 0.25) is 11.8 Å². The van der Waals surface area contributed by atoms with Crippen LogP contribution in [0.25, 0.3) is 33.1 Å². The first kappa shape index (κ1) is 27.5. The summed E-state index contributed by atoms with van der Waals surface area (Å²) < 4.78 is 17.0. The molecule has 1 fully saturated rings. The predicted octanol–water partition coefficient (Wildman–Crippen LogP) is 4.26. The van der Waals surface area contributed by atoms with E-state index in [0.717, 1.165) is 27.6 Å². The Morgan fingerprint density at radius 1 is 1.14 bits per heavy atom. The van der Waals surface area contributed by atoms with E-state index in [-0.39, 0.29) is 36.3 Å². The van der Waals surface area contributed by atoms with Gasteiger partial charge in [0.15, 0.2) is 0 Å². The summed E-state index contributed by atoms with van der Waals surface area (Å²) in [6.07, 6.45) is 4.67. The summed E-state index contributed by atoms with van der Waals surface area (Å²) in [6, 6.07) is 7.65. The molecule has 0 aliphatic carbocycles. The first-order valence-electron chi connectivity index (χ1n) is 13.2. The van der Waals surface area contributed by atoms with Crippen molar-refractivity contribution >= 4 is 57.0 Å². The minimum atomic E-state index is -1.76. The topological polar surface area (TPSA) is 145 Å². The number of aryl methyl sites for hydroxylation is 2. The monoisotopic (exact) mass is 587 g/mol. The van der Waals surface area contributed by atoms with Crippen LogP contribution in [0, 0.1) is 13.8 Å². The van der Waals surface area contributed by atoms with Gasteiger partial charge < -0.3 is 20.5 Å². The molecule has 0 unspecified atom stereocenters.